The molecule has 1 aliphatic rings. The van der Waals surface area contributed by atoms with Crippen molar-refractivity contribution in [3.8, 4) is 0 Å². The topological polar surface area (TPSA) is 53.9 Å². The fraction of sp³-hybridized carbons (Fsp3) is 0.167. The number of halogens is 1. The zero-order valence-electron chi connectivity index (χ0n) is 13.1. The van der Waals surface area contributed by atoms with Crippen molar-refractivity contribution in [2.45, 2.75) is 19.4 Å². The van der Waals surface area contributed by atoms with Crippen LogP contribution in [-0.4, -0.2) is 21.2 Å². The van der Waals surface area contributed by atoms with E-state index in [1.54, 1.807) is 24.4 Å². The van der Waals surface area contributed by atoms with E-state index in [0.717, 1.165) is 12.1 Å². The lowest BCUT2D eigenvalue weighted by Gasteiger charge is -2.23. The second-order valence-electron chi connectivity index (χ2n) is 5.79. The van der Waals surface area contributed by atoms with Crippen LogP contribution >= 0.6 is 0 Å². The highest BCUT2D eigenvalue weighted by Crippen LogP contribution is 2.37. The molecule has 24 heavy (non-hydrogen) atoms. The van der Waals surface area contributed by atoms with Gasteiger partial charge in [0.15, 0.2) is 5.82 Å². The molecule has 2 aromatic carbocycles. The van der Waals surface area contributed by atoms with Gasteiger partial charge in [0, 0.05) is 11.7 Å². The summed E-state index contributed by atoms with van der Waals surface area (Å²) >= 11 is 0. The largest absolute Gasteiger partial charge is 0.322 e. The minimum atomic E-state index is -0.355. The van der Waals surface area contributed by atoms with Crippen molar-refractivity contribution < 1.29 is 4.39 Å². The molecule has 0 saturated heterocycles. The first kappa shape index (κ1) is 14.6. The molecule has 2 heterocycles. The van der Waals surface area contributed by atoms with Gasteiger partial charge in [-0.15, -0.1) is 5.10 Å². The first-order chi connectivity index (χ1) is 11.7. The third kappa shape index (κ3) is 2.56. The first-order valence-electron chi connectivity index (χ1n) is 7.81. The summed E-state index contributed by atoms with van der Waals surface area (Å²) in [6.45, 7) is 2.14. The lowest BCUT2D eigenvalue weighted by atomic mass is 10.1. The number of hydrogen-bond acceptors (Lipinski definition) is 5. The average molecular weight is 321 g/mol. The van der Waals surface area contributed by atoms with E-state index in [2.05, 4.69) is 44.5 Å². The quantitative estimate of drug-likeness (QED) is 0.794. The average Bonchev–Trinajstić information content (AvgIpc) is 2.93. The summed E-state index contributed by atoms with van der Waals surface area (Å²) in [6.07, 6.45) is 2.58. The maximum Gasteiger partial charge on any atom is 0.249 e. The number of para-hydroxylation sites is 2. The zero-order valence-corrected chi connectivity index (χ0v) is 13.1. The highest BCUT2D eigenvalue weighted by Gasteiger charge is 2.28. The van der Waals surface area contributed by atoms with E-state index in [4.69, 9.17) is 0 Å². The van der Waals surface area contributed by atoms with Gasteiger partial charge in [0.2, 0.25) is 5.95 Å². The van der Waals surface area contributed by atoms with Crippen molar-refractivity contribution in [1.82, 2.24) is 15.2 Å². The van der Waals surface area contributed by atoms with Gasteiger partial charge >= 0.3 is 0 Å². The van der Waals surface area contributed by atoms with Crippen LogP contribution in [0, 0.1) is 5.82 Å². The highest BCUT2D eigenvalue weighted by atomic mass is 19.1. The van der Waals surface area contributed by atoms with Crippen molar-refractivity contribution in [2.75, 3.05) is 10.2 Å². The summed E-state index contributed by atoms with van der Waals surface area (Å²) in [5.41, 5.74) is 2.74. The minimum Gasteiger partial charge on any atom is -0.322 e. The van der Waals surface area contributed by atoms with Crippen LogP contribution in [0.15, 0.2) is 54.7 Å². The van der Waals surface area contributed by atoms with Crippen molar-refractivity contribution in [3.05, 3.63) is 66.1 Å². The van der Waals surface area contributed by atoms with E-state index in [1.165, 1.54) is 11.6 Å². The van der Waals surface area contributed by atoms with E-state index < -0.39 is 0 Å². The van der Waals surface area contributed by atoms with Gasteiger partial charge in [-0.25, -0.2) is 4.39 Å². The predicted octanol–water partition coefficient (Wildman–Crippen LogP) is 3.84. The lowest BCUT2D eigenvalue weighted by molar-refractivity contribution is 0.631. The molecule has 0 saturated carbocycles. The van der Waals surface area contributed by atoms with E-state index in [9.17, 15) is 4.39 Å². The summed E-state index contributed by atoms with van der Waals surface area (Å²) in [7, 11) is 0. The molecule has 0 aliphatic carbocycles. The van der Waals surface area contributed by atoms with Crippen LogP contribution in [0.4, 0.5) is 27.5 Å². The number of anilines is 4. The highest BCUT2D eigenvalue weighted by molar-refractivity contribution is 5.69. The second kappa shape index (κ2) is 5.88. The minimum absolute atomic E-state index is 0.272. The Morgan fingerprint density at radius 3 is 2.79 bits per heavy atom. The van der Waals surface area contributed by atoms with E-state index in [-0.39, 0.29) is 17.8 Å². The second-order valence-corrected chi connectivity index (χ2v) is 5.79. The molecule has 3 aromatic rings. The third-order valence-corrected chi connectivity index (χ3v) is 4.12. The number of nitrogens with zero attached hydrogens (tertiary/aromatic N) is 4. The van der Waals surface area contributed by atoms with Gasteiger partial charge in [0.05, 0.1) is 11.9 Å². The van der Waals surface area contributed by atoms with Gasteiger partial charge in [0.1, 0.15) is 5.82 Å². The molecule has 0 bridgehead atoms. The maximum atomic E-state index is 13.8. The van der Waals surface area contributed by atoms with Crippen LogP contribution in [0.25, 0.3) is 0 Å². The molecule has 1 N–H and O–H groups in total. The van der Waals surface area contributed by atoms with Crippen molar-refractivity contribution >= 4 is 23.1 Å². The number of rotatable bonds is 3. The molecule has 1 aromatic heterocycles. The Morgan fingerprint density at radius 2 is 1.92 bits per heavy atom. The number of benzene rings is 2. The Morgan fingerprint density at radius 1 is 1.12 bits per heavy atom. The molecular weight excluding hydrogens is 305 g/mol. The van der Waals surface area contributed by atoms with Crippen LogP contribution in [0.3, 0.4) is 0 Å². The van der Waals surface area contributed by atoms with Crippen molar-refractivity contribution in [1.29, 1.82) is 0 Å². The molecule has 1 unspecified atom stereocenters. The van der Waals surface area contributed by atoms with Crippen LogP contribution in [0.1, 0.15) is 12.5 Å². The fourth-order valence-electron chi connectivity index (χ4n) is 3.06. The molecule has 6 heteroatoms. The summed E-state index contributed by atoms with van der Waals surface area (Å²) in [5, 5.41) is 10.9. The van der Waals surface area contributed by atoms with Gasteiger partial charge in [-0.2, -0.15) is 10.1 Å². The molecule has 0 spiro atoms. The first-order valence-corrected chi connectivity index (χ1v) is 7.81. The molecule has 0 radical (unpaired) electrons. The summed E-state index contributed by atoms with van der Waals surface area (Å²) in [6, 6.07) is 14.9. The summed E-state index contributed by atoms with van der Waals surface area (Å²) in [4.78, 5) is 6.65. The third-order valence-electron chi connectivity index (χ3n) is 4.12. The summed E-state index contributed by atoms with van der Waals surface area (Å²) < 4.78 is 13.8. The smallest absolute Gasteiger partial charge is 0.249 e. The number of fused-ring (bicyclic) bond motifs is 1. The molecule has 4 rings (SSSR count). The van der Waals surface area contributed by atoms with Crippen molar-refractivity contribution in [2.24, 2.45) is 0 Å². The Bertz CT molecular complexity index is 883. The Hall–Kier alpha value is -3.02. The molecule has 5 nitrogen and oxygen atoms in total. The Kier molecular flexibility index (Phi) is 3.57. The normalized spacial score (nSPS) is 16.1. The molecule has 1 atom stereocenters. The Balaban J connectivity index is 1.67. The van der Waals surface area contributed by atoms with E-state index in [0.29, 0.717) is 11.5 Å². The lowest BCUT2D eigenvalue weighted by Crippen LogP contribution is -2.25. The fourth-order valence-corrected chi connectivity index (χ4v) is 3.06. The predicted molar refractivity (Wildman–Crippen MR) is 91.3 cm³/mol. The molecular formula is C18H16FN5. The van der Waals surface area contributed by atoms with Crippen molar-refractivity contribution in [3.63, 3.8) is 0 Å². The van der Waals surface area contributed by atoms with Crippen LogP contribution < -0.4 is 10.2 Å². The van der Waals surface area contributed by atoms with Gasteiger partial charge in [-0.1, -0.05) is 30.3 Å². The molecule has 1 aliphatic heterocycles. The molecule has 0 amide bonds. The summed E-state index contributed by atoms with van der Waals surface area (Å²) in [5.74, 6) is 0.613. The van der Waals surface area contributed by atoms with Gasteiger partial charge < -0.3 is 10.2 Å². The van der Waals surface area contributed by atoms with Gasteiger partial charge in [-0.05, 0) is 37.1 Å². The van der Waals surface area contributed by atoms with Gasteiger partial charge in [0.25, 0.3) is 0 Å². The SMILES string of the molecule is CC1Cc2ccccc2N1c1cnnc(Nc2ccccc2F)n1. The number of hydrogen-bond donors (Lipinski definition) is 1. The standard InChI is InChI=1S/C18H16FN5/c1-12-10-13-6-2-5-9-16(13)24(12)17-11-20-23-18(22-17)21-15-8-4-3-7-14(15)19/h2-9,11-12H,10H2,1H3,(H,21,22,23). The van der Waals surface area contributed by atoms with Crippen LogP contribution in [0.2, 0.25) is 0 Å². The molecule has 120 valence electrons. The van der Waals surface area contributed by atoms with E-state index in [1.807, 2.05) is 12.1 Å². The maximum absolute atomic E-state index is 13.8. The molecule has 0 fully saturated rings. The monoisotopic (exact) mass is 321 g/mol. The Labute approximate surface area is 139 Å². The number of nitrogens with one attached hydrogen (secondary N) is 1. The van der Waals surface area contributed by atoms with E-state index >= 15 is 0 Å². The number of aromatic nitrogens is 3. The van der Waals surface area contributed by atoms with Crippen LogP contribution in [-0.2, 0) is 6.42 Å². The zero-order chi connectivity index (χ0) is 16.5. The van der Waals surface area contributed by atoms with Crippen LogP contribution in [0.5, 0.6) is 0 Å². The van der Waals surface area contributed by atoms with Gasteiger partial charge in [-0.3, -0.25) is 0 Å².